The van der Waals surface area contributed by atoms with Gasteiger partial charge in [0.2, 0.25) is 0 Å². The first-order chi connectivity index (χ1) is 27.3. The van der Waals surface area contributed by atoms with Crippen LogP contribution in [0, 0.1) is 0 Å². The summed E-state index contributed by atoms with van der Waals surface area (Å²) in [4.78, 5) is 2.51. The van der Waals surface area contributed by atoms with E-state index in [0.717, 1.165) is 22.7 Å². The highest BCUT2D eigenvalue weighted by Gasteiger charge is 2.37. The monoisotopic (exact) mass is 718 g/mol. The van der Waals surface area contributed by atoms with Crippen LogP contribution in [0.5, 0.6) is 0 Å². The molecule has 0 N–H and O–H groups in total. The van der Waals surface area contributed by atoms with Gasteiger partial charge in [0.1, 0.15) is 0 Å². The van der Waals surface area contributed by atoms with Gasteiger partial charge in [-0.05, 0) is 93.0 Å². The average molecular weight is 719 g/mol. The predicted molar refractivity (Wildman–Crippen MR) is 236 cm³/mol. The predicted octanol–water partition coefficient (Wildman–Crippen LogP) is 14.5. The third-order valence-corrected chi connectivity index (χ3v) is 12.8. The van der Waals surface area contributed by atoms with E-state index < -0.39 is 0 Å². The molecule has 2 nitrogen and oxygen atoms in total. The fourth-order valence-corrected chi connectivity index (χ4v) is 10.1. The zero-order valence-electron chi connectivity index (χ0n) is 32.2. The minimum absolute atomic E-state index is 0.0729. The number of fused-ring (bicyclic) bond motifs is 9. The van der Waals surface area contributed by atoms with Crippen molar-refractivity contribution in [2.75, 3.05) is 4.90 Å². The summed E-state index contributed by atoms with van der Waals surface area (Å²) in [5, 5.41) is 2.50. The molecule has 11 rings (SSSR count). The van der Waals surface area contributed by atoms with Gasteiger partial charge in [0, 0.05) is 49.8 Å². The van der Waals surface area contributed by atoms with E-state index in [1.165, 1.54) is 77.4 Å². The van der Waals surface area contributed by atoms with Crippen LogP contribution in [0.1, 0.15) is 49.9 Å². The lowest BCUT2D eigenvalue weighted by atomic mass is 9.82. The summed E-state index contributed by atoms with van der Waals surface area (Å²) < 4.78 is 2.45. The second-order valence-electron chi connectivity index (χ2n) is 16.5. The van der Waals surface area contributed by atoms with Gasteiger partial charge in [-0.1, -0.05) is 161 Å². The van der Waals surface area contributed by atoms with Gasteiger partial charge in [0.05, 0.1) is 16.7 Å². The van der Waals surface area contributed by atoms with Crippen molar-refractivity contribution in [3.63, 3.8) is 0 Å². The van der Waals surface area contributed by atoms with Gasteiger partial charge >= 0.3 is 0 Å². The smallest absolute Gasteiger partial charge is 0.0620 e. The summed E-state index contributed by atoms with van der Waals surface area (Å²) in [6.07, 6.45) is 0. The first kappa shape index (κ1) is 32.8. The summed E-state index contributed by atoms with van der Waals surface area (Å²) in [5.41, 5.74) is 20.0. The van der Waals surface area contributed by atoms with Crippen molar-refractivity contribution < 1.29 is 0 Å². The molecule has 0 fully saturated rings. The number of para-hydroxylation sites is 4. The van der Waals surface area contributed by atoms with Crippen LogP contribution in [-0.4, -0.2) is 4.57 Å². The van der Waals surface area contributed by atoms with Crippen LogP contribution in [0.25, 0.3) is 60.9 Å². The Morgan fingerprint density at radius 1 is 0.375 bits per heavy atom. The first-order valence-corrected chi connectivity index (χ1v) is 19.8. The molecule has 8 aromatic carbocycles. The van der Waals surface area contributed by atoms with Crippen molar-refractivity contribution in [2.45, 2.75) is 38.5 Å². The molecule has 0 spiro atoms. The molecule has 1 heterocycles. The van der Waals surface area contributed by atoms with Crippen LogP contribution in [0.3, 0.4) is 0 Å². The third-order valence-electron chi connectivity index (χ3n) is 12.8. The van der Waals surface area contributed by atoms with Gasteiger partial charge in [-0.25, -0.2) is 0 Å². The van der Waals surface area contributed by atoms with E-state index in [4.69, 9.17) is 0 Å². The lowest BCUT2D eigenvalue weighted by molar-refractivity contribution is 0.660. The lowest BCUT2D eigenvalue weighted by Gasteiger charge is -2.30. The Bertz CT molecular complexity index is 2930. The van der Waals surface area contributed by atoms with E-state index >= 15 is 0 Å². The van der Waals surface area contributed by atoms with Crippen molar-refractivity contribution in [3.05, 3.63) is 204 Å². The SMILES string of the molecule is CC1(C)c2ccccc2-c2cc(N(c3ccc4c(c3)-c3ccccc3C4(C)C)c3ccccc3-c3cccc4c5ccccc5n(-c5ccccc5)c34)ccc21. The molecule has 0 bridgehead atoms. The highest BCUT2D eigenvalue weighted by atomic mass is 15.1. The molecule has 0 amide bonds. The van der Waals surface area contributed by atoms with Crippen molar-refractivity contribution in [1.82, 2.24) is 4.57 Å². The molecule has 0 radical (unpaired) electrons. The maximum absolute atomic E-state index is 2.51. The van der Waals surface area contributed by atoms with E-state index in [1.807, 2.05) is 0 Å². The van der Waals surface area contributed by atoms with Crippen molar-refractivity contribution in [3.8, 4) is 39.1 Å². The van der Waals surface area contributed by atoms with E-state index in [9.17, 15) is 0 Å². The number of hydrogen-bond donors (Lipinski definition) is 0. The standard InChI is InChI=1S/C54H42N2/c1-53(2)46-25-12-8-19-38(46)44-33-36(29-31-48(44)53)55(37-30-32-49-45(34-37)39-20-9-13-26-47(39)54(49,3)4)50-27-14-10-21-40(50)42-23-16-24-43-41-22-11-15-28-51(41)56(52(42)43)35-17-6-5-7-18-35/h5-34H,1-4H3. The quantitative estimate of drug-likeness (QED) is 0.172. The molecule has 2 heteroatoms. The maximum Gasteiger partial charge on any atom is 0.0620 e. The first-order valence-electron chi connectivity index (χ1n) is 19.8. The number of rotatable bonds is 5. The Hall–Kier alpha value is -6.64. The van der Waals surface area contributed by atoms with E-state index in [-0.39, 0.29) is 10.8 Å². The van der Waals surface area contributed by atoms with Gasteiger partial charge < -0.3 is 9.47 Å². The molecule has 9 aromatic rings. The number of anilines is 3. The molecule has 2 aliphatic rings. The van der Waals surface area contributed by atoms with Crippen LogP contribution >= 0.6 is 0 Å². The van der Waals surface area contributed by atoms with E-state index in [1.54, 1.807) is 0 Å². The number of nitrogens with zero attached hydrogens (tertiary/aromatic N) is 2. The zero-order valence-corrected chi connectivity index (χ0v) is 32.2. The van der Waals surface area contributed by atoms with E-state index in [2.05, 4.69) is 219 Å². The molecular formula is C54H42N2. The average Bonchev–Trinajstić information content (AvgIpc) is 3.78. The Labute approximate surface area is 328 Å². The van der Waals surface area contributed by atoms with Gasteiger partial charge in [0.15, 0.2) is 0 Å². The molecule has 1 aromatic heterocycles. The van der Waals surface area contributed by atoms with Crippen molar-refractivity contribution in [1.29, 1.82) is 0 Å². The van der Waals surface area contributed by atoms with Crippen LogP contribution in [0.2, 0.25) is 0 Å². The Morgan fingerprint density at radius 2 is 0.857 bits per heavy atom. The Kier molecular flexibility index (Phi) is 6.98. The fourth-order valence-electron chi connectivity index (χ4n) is 10.1. The van der Waals surface area contributed by atoms with Gasteiger partial charge in [-0.3, -0.25) is 0 Å². The molecule has 0 saturated carbocycles. The normalized spacial score (nSPS) is 14.4. The topological polar surface area (TPSA) is 8.17 Å². The number of hydrogen-bond acceptors (Lipinski definition) is 1. The molecule has 0 saturated heterocycles. The molecule has 0 unspecified atom stereocenters. The molecule has 0 aliphatic heterocycles. The summed E-state index contributed by atoms with van der Waals surface area (Å²) in [6, 6.07) is 67.6. The second kappa shape index (κ2) is 11.9. The van der Waals surface area contributed by atoms with Crippen LogP contribution in [0.4, 0.5) is 17.1 Å². The second-order valence-corrected chi connectivity index (χ2v) is 16.5. The van der Waals surface area contributed by atoms with E-state index in [0.29, 0.717) is 0 Å². The number of aromatic nitrogens is 1. The summed E-state index contributed by atoms with van der Waals surface area (Å²) in [6.45, 7) is 9.43. The molecular weight excluding hydrogens is 677 g/mol. The van der Waals surface area contributed by atoms with Crippen LogP contribution < -0.4 is 4.90 Å². The summed E-state index contributed by atoms with van der Waals surface area (Å²) >= 11 is 0. The molecule has 0 atom stereocenters. The van der Waals surface area contributed by atoms with Gasteiger partial charge in [-0.15, -0.1) is 0 Å². The minimum atomic E-state index is -0.0729. The molecule has 268 valence electrons. The van der Waals surface area contributed by atoms with Crippen LogP contribution in [-0.2, 0) is 10.8 Å². The van der Waals surface area contributed by atoms with Gasteiger partial charge in [0.25, 0.3) is 0 Å². The highest BCUT2D eigenvalue weighted by Crippen LogP contribution is 2.54. The molecule has 56 heavy (non-hydrogen) atoms. The van der Waals surface area contributed by atoms with Crippen molar-refractivity contribution in [2.24, 2.45) is 0 Å². The summed E-state index contributed by atoms with van der Waals surface area (Å²) in [5.74, 6) is 0. The Morgan fingerprint density at radius 3 is 1.50 bits per heavy atom. The third kappa shape index (κ3) is 4.56. The highest BCUT2D eigenvalue weighted by molar-refractivity contribution is 6.15. The number of benzene rings is 8. The van der Waals surface area contributed by atoms with Crippen molar-refractivity contribution >= 4 is 38.9 Å². The lowest BCUT2D eigenvalue weighted by Crippen LogP contribution is -2.16. The fraction of sp³-hybridized carbons (Fsp3) is 0.111. The Balaban J connectivity index is 1.20. The largest absolute Gasteiger partial charge is 0.310 e. The zero-order chi connectivity index (χ0) is 37.8. The minimum Gasteiger partial charge on any atom is -0.310 e. The molecule has 2 aliphatic carbocycles. The summed E-state index contributed by atoms with van der Waals surface area (Å²) in [7, 11) is 0. The van der Waals surface area contributed by atoms with Crippen LogP contribution in [0.15, 0.2) is 182 Å². The van der Waals surface area contributed by atoms with Gasteiger partial charge in [-0.2, -0.15) is 0 Å². The maximum atomic E-state index is 2.51.